The summed E-state index contributed by atoms with van der Waals surface area (Å²) in [5.41, 5.74) is 1.09. The van der Waals surface area contributed by atoms with Crippen molar-refractivity contribution in [2.24, 2.45) is 0 Å². The van der Waals surface area contributed by atoms with Crippen molar-refractivity contribution >= 4 is 0 Å². The van der Waals surface area contributed by atoms with Crippen molar-refractivity contribution < 1.29 is 8.83 Å². The highest BCUT2D eigenvalue weighted by Gasteiger charge is 2.12. The zero-order valence-corrected chi connectivity index (χ0v) is 11.4. The normalized spacial score (nSPS) is 12.0. The Bertz CT molecular complexity index is 506. The molecule has 2 rings (SSSR count). The van der Waals surface area contributed by atoms with Crippen LogP contribution in [0, 0.1) is 6.92 Å². The second-order valence-electron chi connectivity index (χ2n) is 5.44. The van der Waals surface area contributed by atoms with Crippen molar-refractivity contribution in [2.75, 3.05) is 6.54 Å². The Morgan fingerprint density at radius 3 is 2.72 bits per heavy atom. The number of rotatable bonds is 4. The Morgan fingerprint density at radius 1 is 1.33 bits per heavy atom. The molecule has 4 heteroatoms. The second-order valence-corrected chi connectivity index (χ2v) is 5.44. The number of nitrogens with one attached hydrogen (secondary N) is 1. The van der Waals surface area contributed by atoms with Crippen LogP contribution in [0.25, 0.3) is 11.3 Å². The van der Waals surface area contributed by atoms with Gasteiger partial charge in [0.05, 0.1) is 18.0 Å². The topological polar surface area (TPSA) is 51.2 Å². The zero-order valence-electron chi connectivity index (χ0n) is 11.4. The Morgan fingerprint density at radius 2 is 2.11 bits per heavy atom. The molecule has 1 N–H and O–H groups in total. The number of hydrogen-bond acceptors (Lipinski definition) is 4. The van der Waals surface area contributed by atoms with E-state index >= 15 is 0 Å². The first kappa shape index (κ1) is 12.9. The maximum atomic E-state index is 5.71. The van der Waals surface area contributed by atoms with Gasteiger partial charge in [-0.2, -0.15) is 0 Å². The molecule has 0 aliphatic carbocycles. The lowest BCUT2D eigenvalue weighted by Crippen LogP contribution is -2.37. The summed E-state index contributed by atoms with van der Waals surface area (Å²) in [6.07, 6.45) is 4.20. The number of aromatic nitrogens is 1. The number of nitrogens with zero attached hydrogens (tertiary/aromatic N) is 1. The van der Waals surface area contributed by atoms with Gasteiger partial charge in [0.1, 0.15) is 5.76 Å². The van der Waals surface area contributed by atoms with Crippen LogP contribution in [0.3, 0.4) is 0 Å². The van der Waals surface area contributed by atoms with Crippen molar-refractivity contribution in [3.63, 3.8) is 0 Å². The van der Waals surface area contributed by atoms with Gasteiger partial charge in [-0.3, -0.25) is 0 Å². The molecule has 0 radical (unpaired) electrons. The molecule has 0 saturated carbocycles. The Balaban J connectivity index is 1.97. The molecule has 0 fully saturated rings. The summed E-state index contributed by atoms with van der Waals surface area (Å²) in [7, 11) is 0. The molecule has 0 amide bonds. The maximum absolute atomic E-state index is 5.71. The number of furan rings is 1. The molecule has 98 valence electrons. The Kier molecular flexibility index (Phi) is 3.57. The van der Waals surface area contributed by atoms with Crippen LogP contribution in [0.1, 0.15) is 32.4 Å². The van der Waals surface area contributed by atoms with Crippen LogP contribution in [0.4, 0.5) is 0 Å². The van der Waals surface area contributed by atoms with Crippen molar-refractivity contribution in [1.29, 1.82) is 0 Å². The molecule has 0 bridgehead atoms. The van der Waals surface area contributed by atoms with Gasteiger partial charge in [0.25, 0.3) is 0 Å². The van der Waals surface area contributed by atoms with Crippen LogP contribution in [-0.2, 0) is 6.42 Å². The zero-order chi connectivity index (χ0) is 13.2. The molecule has 0 aliphatic rings. The third kappa shape index (κ3) is 3.23. The van der Waals surface area contributed by atoms with Gasteiger partial charge < -0.3 is 14.2 Å². The van der Waals surface area contributed by atoms with Gasteiger partial charge in [-0.25, -0.2) is 4.98 Å². The van der Waals surface area contributed by atoms with Gasteiger partial charge >= 0.3 is 0 Å². The highest BCUT2D eigenvalue weighted by atomic mass is 16.4. The summed E-state index contributed by atoms with van der Waals surface area (Å²) < 4.78 is 11.0. The van der Waals surface area contributed by atoms with E-state index in [9.17, 15) is 0 Å². The smallest absolute Gasteiger partial charge is 0.196 e. The number of aryl methyl sites for hydroxylation is 1. The SMILES string of the molecule is Cc1occc1-c1cnc(CCNC(C)(C)C)o1. The summed E-state index contributed by atoms with van der Waals surface area (Å²) in [5, 5.41) is 3.41. The molecule has 0 aromatic carbocycles. The van der Waals surface area contributed by atoms with Gasteiger partial charge in [-0.05, 0) is 33.8 Å². The largest absolute Gasteiger partial charge is 0.469 e. The lowest BCUT2D eigenvalue weighted by molar-refractivity contribution is 0.411. The molecule has 0 unspecified atom stereocenters. The molecule has 18 heavy (non-hydrogen) atoms. The van der Waals surface area contributed by atoms with Gasteiger partial charge in [-0.1, -0.05) is 0 Å². The minimum absolute atomic E-state index is 0.122. The van der Waals surface area contributed by atoms with Gasteiger partial charge in [0.15, 0.2) is 11.7 Å². The van der Waals surface area contributed by atoms with E-state index in [-0.39, 0.29) is 5.54 Å². The van der Waals surface area contributed by atoms with E-state index in [1.807, 2.05) is 13.0 Å². The minimum atomic E-state index is 0.122. The average molecular weight is 248 g/mol. The molecule has 0 spiro atoms. The monoisotopic (exact) mass is 248 g/mol. The fraction of sp³-hybridized carbons (Fsp3) is 0.500. The first-order valence-corrected chi connectivity index (χ1v) is 6.20. The molecule has 2 aromatic heterocycles. The highest BCUT2D eigenvalue weighted by molar-refractivity contribution is 5.58. The van der Waals surface area contributed by atoms with E-state index in [0.29, 0.717) is 0 Å². The lowest BCUT2D eigenvalue weighted by Gasteiger charge is -2.19. The highest BCUT2D eigenvalue weighted by Crippen LogP contribution is 2.24. The van der Waals surface area contributed by atoms with E-state index < -0.39 is 0 Å². The number of hydrogen-bond donors (Lipinski definition) is 1. The predicted molar refractivity (Wildman–Crippen MR) is 70.4 cm³/mol. The van der Waals surface area contributed by atoms with Crippen LogP contribution in [-0.4, -0.2) is 17.1 Å². The van der Waals surface area contributed by atoms with E-state index in [1.165, 1.54) is 0 Å². The van der Waals surface area contributed by atoms with Crippen LogP contribution in [0.2, 0.25) is 0 Å². The minimum Gasteiger partial charge on any atom is -0.469 e. The van der Waals surface area contributed by atoms with E-state index in [0.717, 1.165) is 35.9 Å². The summed E-state index contributed by atoms with van der Waals surface area (Å²) in [4.78, 5) is 4.28. The average Bonchev–Trinajstić information content (AvgIpc) is 2.84. The molecule has 0 saturated heterocycles. The van der Waals surface area contributed by atoms with Gasteiger partial charge in [0, 0.05) is 18.5 Å². The molecule has 2 heterocycles. The third-order valence-corrected chi connectivity index (χ3v) is 2.67. The van der Waals surface area contributed by atoms with E-state index in [2.05, 4.69) is 31.1 Å². The quantitative estimate of drug-likeness (QED) is 0.903. The van der Waals surface area contributed by atoms with Crippen LogP contribution in [0.5, 0.6) is 0 Å². The van der Waals surface area contributed by atoms with Crippen molar-refractivity contribution in [1.82, 2.24) is 10.3 Å². The van der Waals surface area contributed by atoms with Gasteiger partial charge in [-0.15, -0.1) is 0 Å². The molecule has 2 aromatic rings. The second kappa shape index (κ2) is 4.98. The standard InChI is InChI=1S/C14H20N2O2/c1-10-11(6-8-17-10)12-9-15-13(18-12)5-7-16-14(2,3)4/h6,8-9,16H,5,7H2,1-4H3. The Hall–Kier alpha value is -1.55. The van der Waals surface area contributed by atoms with Crippen LogP contribution in [0.15, 0.2) is 27.4 Å². The summed E-state index contributed by atoms with van der Waals surface area (Å²) in [6, 6.07) is 1.90. The van der Waals surface area contributed by atoms with Crippen LogP contribution < -0.4 is 5.32 Å². The van der Waals surface area contributed by atoms with Crippen molar-refractivity contribution in [3.05, 3.63) is 30.2 Å². The van der Waals surface area contributed by atoms with E-state index in [4.69, 9.17) is 8.83 Å². The molecule has 4 nitrogen and oxygen atoms in total. The van der Waals surface area contributed by atoms with Crippen molar-refractivity contribution in [2.45, 2.75) is 39.7 Å². The fourth-order valence-corrected chi connectivity index (χ4v) is 1.74. The van der Waals surface area contributed by atoms with Crippen molar-refractivity contribution in [3.8, 4) is 11.3 Å². The molecular weight excluding hydrogens is 228 g/mol. The number of oxazole rings is 1. The summed E-state index contributed by atoms with van der Waals surface area (Å²) in [6.45, 7) is 9.20. The first-order chi connectivity index (χ1) is 8.46. The van der Waals surface area contributed by atoms with E-state index in [1.54, 1.807) is 12.5 Å². The Labute approximate surface area is 107 Å². The third-order valence-electron chi connectivity index (χ3n) is 2.67. The molecule has 0 atom stereocenters. The maximum Gasteiger partial charge on any atom is 0.196 e. The fourth-order valence-electron chi connectivity index (χ4n) is 1.74. The first-order valence-electron chi connectivity index (χ1n) is 6.20. The molecule has 0 aliphatic heterocycles. The lowest BCUT2D eigenvalue weighted by atomic mass is 10.1. The predicted octanol–water partition coefficient (Wildman–Crippen LogP) is 3.17. The summed E-state index contributed by atoms with van der Waals surface area (Å²) >= 11 is 0. The van der Waals surface area contributed by atoms with Gasteiger partial charge in [0.2, 0.25) is 0 Å². The summed E-state index contributed by atoms with van der Waals surface area (Å²) in [5.74, 6) is 2.37. The molecular formula is C14H20N2O2. The van der Waals surface area contributed by atoms with Crippen LogP contribution >= 0.6 is 0 Å².